The Morgan fingerprint density at radius 2 is 2.17 bits per heavy atom. The molecule has 0 bridgehead atoms. The number of rotatable bonds is 6. The summed E-state index contributed by atoms with van der Waals surface area (Å²) in [6, 6.07) is 6.05. The van der Waals surface area contributed by atoms with Crippen molar-refractivity contribution >= 4 is 5.97 Å². The van der Waals surface area contributed by atoms with Gasteiger partial charge < -0.3 is 9.84 Å². The van der Waals surface area contributed by atoms with Gasteiger partial charge in [-0.3, -0.25) is 9.69 Å². The number of carbonyl (C=O) groups is 1. The number of ether oxygens (including phenoxy) is 1. The molecule has 1 aromatic rings. The van der Waals surface area contributed by atoms with E-state index in [2.05, 4.69) is 6.07 Å². The molecule has 4 nitrogen and oxygen atoms in total. The molecule has 0 aliphatic carbocycles. The van der Waals surface area contributed by atoms with Crippen molar-refractivity contribution in [3.63, 3.8) is 0 Å². The van der Waals surface area contributed by atoms with E-state index in [9.17, 15) is 4.79 Å². The molecule has 0 spiro atoms. The van der Waals surface area contributed by atoms with E-state index >= 15 is 0 Å². The van der Waals surface area contributed by atoms with E-state index in [1.807, 2.05) is 37.9 Å². The molecule has 0 saturated heterocycles. The number of hydrogen-bond donors (Lipinski definition) is 1. The number of carboxylic acids is 1. The first kappa shape index (κ1) is 14.5. The third-order valence-corrected chi connectivity index (χ3v) is 3.11. The average molecular weight is 251 g/mol. The molecule has 1 atom stereocenters. The molecule has 0 heterocycles. The van der Waals surface area contributed by atoms with Gasteiger partial charge in [0.15, 0.2) is 0 Å². The maximum absolute atomic E-state index is 10.7. The Hall–Kier alpha value is -1.55. The molecule has 0 aliphatic rings. The van der Waals surface area contributed by atoms with E-state index in [0.29, 0.717) is 0 Å². The Balaban J connectivity index is 2.67. The first-order valence-electron chi connectivity index (χ1n) is 5.99. The average Bonchev–Trinajstić information content (AvgIpc) is 2.28. The fraction of sp³-hybridized carbons (Fsp3) is 0.500. The lowest BCUT2D eigenvalue weighted by atomic mass is 10.1. The Morgan fingerprint density at radius 1 is 1.50 bits per heavy atom. The molecule has 1 rings (SSSR count). The highest BCUT2D eigenvalue weighted by molar-refractivity contribution is 5.67. The quantitative estimate of drug-likeness (QED) is 0.843. The fourth-order valence-electron chi connectivity index (χ4n) is 1.89. The van der Waals surface area contributed by atoms with Crippen LogP contribution >= 0.6 is 0 Å². The predicted octanol–water partition coefficient (Wildman–Crippen LogP) is 2.30. The Morgan fingerprint density at radius 3 is 2.67 bits per heavy atom. The monoisotopic (exact) mass is 251 g/mol. The second-order valence-electron chi connectivity index (χ2n) is 4.67. The first-order valence-corrected chi connectivity index (χ1v) is 5.99. The molecule has 100 valence electrons. The highest BCUT2D eigenvalue weighted by Gasteiger charge is 2.13. The van der Waals surface area contributed by atoms with Gasteiger partial charge >= 0.3 is 5.97 Å². The standard InChI is InChI=1S/C14H21NO3/c1-10-7-12(5-6-13(10)18-4)9-15(3)11(2)8-14(16)17/h5-7,11H,8-9H2,1-4H3,(H,16,17). The summed E-state index contributed by atoms with van der Waals surface area (Å²) in [6.45, 7) is 4.66. The topological polar surface area (TPSA) is 49.8 Å². The normalized spacial score (nSPS) is 12.5. The molecule has 1 unspecified atom stereocenters. The second-order valence-corrected chi connectivity index (χ2v) is 4.67. The van der Waals surface area contributed by atoms with Crippen LogP contribution in [0.15, 0.2) is 18.2 Å². The smallest absolute Gasteiger partial charge is 0.304 e. The van der Waals surface area contributed by atoms with Crippen molar-refractivity contribution in [2.24, 2.45) is 0 Å². The maximum atomic E-state index is 10.7. The molecular weight excluding hydrogens is 230 g/mol. The van der Waals surface area contributed by atoms with Crippen LogP contribution in [0.3, 0.4) is 0 Å². The molecule has 1 N–H and O–H groups in total. The largest absolute Gasteiger partial charge is 0.496 e. The lowest BCUT2D eigenvalue weighted by Gasteiger charge is -2.23. The second kappa shape index (κ2) is 6.40. The van der Waals surface area contributed by atoms with Crippen molar-refractivity contribution in [3.05, 3.63) is 29.3 Å². The number of carboxylic acid groups (broad SMARTS) is 1. The minimum atomic E-state index is -0.764. The van der Waals surface area contributed by atoms with Crippen molar-refractivity contribution in [3.8, 4) is 5.75 Å². The van der Waals surface area contributed by atoms with Crippen molar-refractivity contribution in [1.82, 2.24) is 4.90 Å². The zero-order valence-corrected chi connectivity index (χ0v) is 11.4. The van der Waals surface area contributed by atoms with Gasteiger partial charge in [-0.25, -0.2) is 0 Å². The Labute approximate surface area is 108 Å². The Kier molecular flexibility index (Phi) is 5.16. The predicted molar refractivity (Wildman–Crippen MR) is 70.9 cm³/mol. The number of hydrogen-bond acceptors (Lipinski definition) is 3. The minimum absolute atomic E-state index is 0.0184. The first-order chi connectivity index (χ1) is 8.43. The third-order valence-electron chi connectivity index (χ3n) is 3.11. The van der Waals surface area contributed by atoms with Gasteiger partial charge in [-0.15, -0.1) is 0 Å². The summed E-state index contributed by atoms with van der Waals surface area (Å²) in [5.74, 6) is 0.111. The summed E-state index contributed by atoms with van der Waals surface area (Å²) in [5, 5.41) is 8.77. The van der Waals surface area contributed by atoms with Gasteiger partial charge in [0.1, 0.15) is 5.75 Å². The van der Waals surface area contributed by atoms with E-state index in [1.165, 1.54) is 0 Å². The summed E-state index contributed by atoms with van der Waals surface area (Å²) in [4.78, 5) is 12.7. The lowest BCUT2D eigenvalue weighted by Crippen LogP contribution is -2.30. The number of benzene rings is 1. The zero-order chi connectivity index (χ0) is 13.7. The summed E-state index contributed by atoms with van der Waals surface area (Å²) < 4.78 is 5.21. The summed E-state index contributed by atoms with van der Waals surface area (Å²) in [5.41, 5.74) is 2.25. The molecule has 0 saturated carbocycles. The lowest BCUT2D eigenvalue weighted by molar-refractivity contribution is -0.138. The summed E-state index contributed by atoms with van der Waals surface area (Å²) in [6.07, 6.45) is 0.158. The van der Waals surface area contributed by atoms with E-state index in [-0.39, 0.29) is 12.5 Å². The van der Waals surface area contributed by atoms with Crippen LogP contribution in [-0.4, -0.2) is 36.2 Å². The summed E-state index contributed by atoms with van der Waals surface area (Å²) in [7, 11) is 3.59. The molecule has 0 aromatic heterocycles. The third kappa shape index (κ3) is 4.04. The van der Waals surface area contributed by atoms with Gasteiger partial charge in [-0.2, -0.15) is 0 Å². The van der Waals surface area contributed by atoms with Gasteiger partial charge in [0.25, 0.3) is 0 Å². The van der Waals surface area contributed by atoms with Crippen LogP contribution in [0.4, 0.5) is 0 Å². The highest BCUT2D eigenvalue weighted by Crippen LogP contribution is 2.19. The van der Waals surface area contributed by atoms with Crippen molar-refractivity contribution in [2.45, 2.75) is 32.9 Å². The highest BCUT2D eigenvalue weighted by atomic mass is 16.5. The molecule has 0 fully saturated rings. The van der Waals surface area contributed by atoms with E-state index in [0.717, 1.165) is 23.4 Å². The maximum Gasteiger partial charge on any atom is 0.304 e. The molecule has 4 heteroatoms. The molecular formula is C14H21NO3. The molecule has 0 amide bonds. The van der Waals surface area contributed by atoms with Gasteiger partial charge in [0, 0.05) is 12.6 Å². The molecule has 1 aromatic carbocycles. The van der Waals surface area contributed by atoms with E-state index in [4.69, 9.17) is 9.84 Å². The molecule has 18 heavy (non-hydrogen) atoms. The SMILES string of the molecule is COc1ccc(CN(C)C(C)CC(=O)O)cc1C. The fourth-order valence-corrected chi connectivity index (χ4v) is 1.89. The van der Waals surface area contributed by atoms with Gasteiger partial charge in [-0.1, -0.05) is 12.1 Å². The van der Waals surface area contributed by atoms with Crippen LogP contribution in [0.5, 0.6) is 5.75 Å². The zero-order valence-electron chi connectivity index (χ0n) is 11.4. The number of aryl methyl sites for hydroxylation is 1. The molecule has 0 radical (unpaired) electrons. The number of aliphatic carboxylic acids is 1. The van der Waals surface area contributed by atoms with Crippen LogP contribution in [0.1, 0.15) is 24.5 Å². The molecule has 0 aliphatic heterocycles. The van der Waals surface area contributed by atoms with Crippen molar-refractivity contribution in [1.29, 1.82) is 0 Å². The van der Waals surface area contributed by atoms with E-state index < -0.39 is 5.97 Å². The van der Waals surface area contributed by atoms with Gasteiger partial charge in [0.05, 0.1) is 13.5 Å². The van der Waals surface area contributed by atoms with Crippen molar-refractivity contribution in [2.75, 3.05) is 14.2 Å². The van der Waals surface area contributed by atoms with Crippen LogP contribution < -0.4 is 4.74 Å². The van der Waals surface area contributed by atoms with Crippen LogP contribution in [0, 0.1) is 6.92 Å². The van der Waals surface area contributed by atoms with Crippen LogP contribution in [-0.2, 0) is 11.3 Å². The van der Waals surface area contributed by atoms with Gasteiger partial charge in [0.2, 0.25) is 0 Å². The number of nitrogens with zero attached hydrogens (tertiary/aromatic N) is 1. The number of methoxy groups -OCH3 is 1. The Bertz CT molecular complexity index is 418. The van der Waals surface area contributed by atoms with Crippen molar-refractivity contribution < 1.29 is 14.6 Å². The summed E-state index contributed by atoms with van der Waals surface area (Å²) >= 11 is 0. The van der Waals surface area contributed by atoms with Crippen LogP contribution in [0.2, 0.25) is 0 Å². The van der Waals surface area contributed by atoms with E-state index in [1.54, 1.807) is 7.11 Å². The van der Waals surface area contributed by atoms with Crippen LogP contribution in [0.25, 0.3) is 0 Å². The van der Waals surface area contributed by atoms with Gasteiger partial charge in [-0.05, 0) is 38.1 Å². The minimum Gasteiger partial charge on any atom is -0.496 e.